The summed E-state index contributed by atoms with van der Waals surface area (Å²) in [5, 5.41) is 10.2. The maximum atomic E-state index is 12.5. The Labute approximate surface area is 136 Å². The Balaban J connectivity index is 1.58. The number of hydrogen-bond acceptors (Lipinski definition) is 3. The zero-order valence-electron chi connectivity index (χ0n) is 13.4. The van der Waals surface area contributed by atoms with Gasteiger partial charge in [0.2, 0.25) is 11.8 Å². The average molecular weight is 316 g/mol. The summed E-state index contributed by atoms with van der Waals surface area (Å²) in [4.78, 5) is 28.0. The lowest BCUT2D eigenvalue weighted by Gasteiger charge is -2.33. The Kier molecular flexibility index (Phi) is 4.96. The highest BCUT2D eigenvalue weighted by atomic mass is 16.3. The third-order valence-corrected chi connectivity index (χ3v) is 4.79. The Hall–Kier alpha value is -1.88. The molecule has 2 aliphatic rings. The van der Waals surface area contributed by atoms with Crippen LogP contribution < -0.4 is 0 Å². The molecule has 124 valence electrons. The predicted molar refractivity (Wildman–Crippen MR) is 86.5 cm³/mol. The first-order valence-electron chi connectivity index (χ1n) is 8.46. The summed E-state index contributed by atoms with van der Waals surface area (Å²) in [7, 11) is 0. The second-order valence-corrected chi connectivity index (χ2v) is 6.43. The van der Waals surface area contributed by atoms with Crippen LogP contribution in [-0.2, 0) is 16.1 Å². The summed E-state index contributed by atoms with van der Waals surface area (Å²) in [6.45, 7) is 2.13. The highest BCUT2D eigenvalue weighted by Crippen LogP contribution is 2.26. The molecule has 0 aliphatic carbocycles. The third kappa shape index (κ3) is 3.72. The number of fused-ring (bicyclic) bond motifs is 1. The first-order valence-corrected chi connectivity index (χ1v) is 8.46. The fourth-order valence-corrected chi connectivity index (χ4v) is 3.43. The van der Waals surface area contributed by atoms with E-state index in [-0.39, 0.29) is 11.8 Å². The molecule has 2 aliphatic heterocycles. The highest BCUT2D eigenvalue weighted by molar-refractivity contribution is 5.79. The topological polar surface area (TPSA) is 60.9 Å². The molecule has 2 heterocycles. The molecule has 23 heavy (non-hydrogen) atoms. The van der Waals surface area contributed by atoms with E-state index >= 15 is 0 Å². The molecule has 0 saturated carbocycles. The number of benzene rings is 1. The van der Waals surface area contributed by atoms with Crippen LogP contribution in [-0.4, -0.2) is 46.4 Å². The molecule has 0 spiro atoms. The number of hydrogen-bond donors (Lipinski definition) is 1. The Morgan fingerprint density at radius 2 is 2.04 bits per heavy atom. The average Bonchev–Trinajstić information content (AvgIpc) is 2.77. The molecular weight excluding hydrogens is 292 g/mol. The van der Waals surface area contributed by atoms with Gasteiger partial charge in [-0.1, -0.05) is 30.7 Å². The molecule has 0 aromatic heterocycles. The van der Waals surface area contributed by atoms with E-state index in [1.807, 2.05) is 29.2 Å². The van der Waals surface area contributed by atoms with E-state index in [2.05, 4.69) is 0 Å². The van der Waals surface area contributed by atoms with Gasteiger partial charge in [0, 0.05) is 32.5 Å². The van der Waals surface area contributed by atoms with Crippen LogP contribution in [0.3, 0.4) is 0 Å². The van der Waals surface area contributed by atoms with Gasteiger partial charge in [0.25, 0.3) is 0 Å². The lowest BCUT2D eigenvalue weighted by Crippen LogP contribution is -2.40. The summed E-state index contributed by atoms with van der Waals surface area (Å²) in [5.74, 6) is 0.176. The fraction of sp³-hybridized carbons (Fsp3) is 0.556. The minimum Gasteiger partial charge on any atom is -0.387 e. The van der Waals surface area contributed by atoms with Crippen LogP contribution in [0.5, 0.6) is 0 Å². The molecule has 1 fully saturated rings. The number of carbonyl (C=O) groups is 2. The number of carbonyl (C=O) groups excluding carboxylic acids is 2. The van der Waals surface area contributed by atoms with Crippen LogP contribution in [0.1, 0.15) is 49.3 Å². The Morgan fingerprint density at radius 1 is 1.22 bits per heavy atom. The molecule has 0 bridgehead atoms. The quantitative estimate of drug-likeness (QED) is 0.926. The summed E-state index contributed by atoms with van der Waals surface area (Å²) in [6, 6.07) is 7.70. The van der Waals surface area contributed by atoms with E-state index in [4.69, 9.17) is 0 Å². The predicted octanol–water partition coefficient (Wildman–Crippen LogP) is 1.85. The number of β-amino-alcohol motifs (C(OH)–C–C–N with tert-alkyl or cyclic N) is 1. The molecule has 1 aromatic carbocycles. The van der Waals surface area contributed by atoms with E-state index < -0.39 is 6.10 Å². The van der Waals surface area contributed by atoms with Gasteiger partial charge in [-0.15, -0.1) is 0 Å². The van der Waals surface area contributed by atoms with Gasteiger partial charge in [0.1, 0.15) is 0 Å². The SMILES string of the molecule is O=C1CCCCCN1CCC(=O)N1Cc2ccccc2C(O)C1. The van der Waals surface area contributed by atoms with Crippen LogP contribution in [0.15, 0.2) is 24.3 Å². The molecule has 1 atom stereocenters. The van der Waals surface area contributed by atoms with Gasteiger partial charge in [0.15, 0.2) is 0 Å². The van der Waals surface area contributed by atoms with Crippen LogP contribution in [0, 0.1) is 0 Å². The first kappa shape index (κ1) is 16.0. The molecule has 5 nitrogen and oxygen atoms in total. The van der Waals surface area contributed by atoms with E-state index in [0.717, 1.165) is 36.9 Å². The van der Waals surface area contributed by atoms with Crippen molar-refractivity contribution in [2.24, 2.45) is 0 Å². The maximum Gasteiger partial charge on any atom is 0.224 e. The van der Waals surface area contributed by atoms with Gasteiger partial charge in [-0.2, -0.15) is 0 Å². The van der Waals surface area contributed by atoms with Crippen molar-refractivity contribution in [1.29, 1.82) is 0 Å². The molecule has 1 N–H and O–H groups in total. The molecule has 1 unspecified atom stereocenters. The van der Waals surface area contributed by atoms with Crippen LogP contribution in [0.4, 0.5) is 0 Å². The summed E-state index contributed by atoms with van der Waals surface area (Å²) >= 11 is 0. The third-order valence-electron chi connectivity index (χ3n) is 4.79. The number of nitrogens with zero attached hydrogens (tertiary/aromatic N) is 2. The van der Waals surface area contributed by atoms with Gasteiger partial charge in [0.05, 0.1) is 12.6 Å². The molecule has 3 rings (SSSR count). The zero-order valence-corrected chi connectivity index (χ0v) is 13.4. The summed E-state index contributed by atoms with van der Waals surface area (Å²) in [6.07, 6.45) is 3.38. The largest absolute Gasteiger partial charge is 0.387 e. The van der Waals surface area contributed by atoms with E-state index in [0.29, 0.717) is 32.5 Å². The van der Waals surface area contributed by atoms with Crippen LogP contribution in [0.25, 0.3) is 0 Å². The summed E-state index contributed by atoms with van der Waals surface area (Å²) < 4.78 is 0. The molecule has 2 amide bonds. The van der Waals surface area contributed by atoms with Gasteiger partial charge >= 0.3 is 0 Å². The zero-order chi connectivity index (χ0) is 16.2. The molecule has 1 aromatic rings. The maximum absolute atomic E-state index is 12.5. The lowest BCUT2D eigenvalue weighted by molar-refractivity contribution is -0.136. The first-order chi connectivity index (χ1) is 11.1. The smallest absolute Gasteiger partial charge is 0.224 e. The molecule has 0 radical (unpaired) electrons. The monoisotopic (exact) mass is 316 g/mol. The van der Waals surface area contributed by atoms with E-state index in [1.165, 1.54) is 0 Å². The van der Waals surface area contributed by atoms with E-state index in [1.54, 1.807) is 4.90 Å². The van der Waals surface area contributed by atoms with Crippen molar-refractivity contribution in [3.63, 3.8) is 0 Å². The summed E-state index contributed by atoms with van der Waals surface area (Å²) in [5.41, 5.74) is 1.92. The molecule has 1 saturated heterocycles. The van der Waals surface area contributed by atoms with Crippen molar-refractivity contribution in [3.8, 4) is 0 Å². The normalized spacial score (nSPS) is 21.8. The molecular formula is C18H24N2O3. The van der Waals surface area contributed by atoms with Crippen LogP contribution in [0.2, 0.25) is 0 Å². The van der Waals surface area contributed by atoms with Crippen molar-refractivity contribution in [3.05, 3.63) is 35.4 Å². The van der Waals surface area contributed by atoms with Gasteiger partial charge in [-0.25, -0.2) is 0 Å². The Bertz CT molecular complexity index is 587. The van der Waals surface area contributed by atoms with Crippen molar-refractivity contribution < 1.29 is 14.7 Å². The second kappa shape index (κ2) is 7.13. The number of likely N-dealkylation sites (tertiary alicyclic amines) is 1. The number of rotatable bonds is 3. The van der Waals surface area contributed by atoms with Crippen molar-refractivity contribution in [1.82, 2.24) is 9.80 Å². The standard InChI is InChI=1S/C18H24N2O3/c21-16-13-20(12-14-6-3-4-7-15(14)16)18(23)9-11-19-10-5-1-2-8-17(19)22/h3-4,6-7,16,21H,1-2,5,8-13H2. The lowest BCUT2D eigenvalue weighted by atomic mass is 9.97. The van der Waals surface area contributed by atoms with Gasteiger partial charge < -0.3 is 14.9 Å². The number of aliphatic hydroxyl groups is 1. The van der Waals surface area contributed by atoms with Crippen molar-refractivity contribution >= 4 is 11.8 Å². The molecule has 5 heteroatoms. The number of amides is 2. The van der Waals surface area contributed by atoms with Gasteiger partial charge in [-0.05, 0) is 24.0 Å². The minimum absolute atomic E-state index is 0.00981. The van der Waals surface area contributed by atoms with Crippen molar-refractivity contribution in [2.45, 2.75) is 44.8 Å². The van der Waals surface area contributed by atoms with Gasteiger partial charge in [-0.3, -0.25) is 9.59 Å². The number of aliphatic hydroxyl groups excluding tert-OH is 1. The second-order valence-electron chi connectivity index (χ2n) is 6.43. The Morgan fingerprint density at radius 3 is 2.91 bits per heavy atom. The van der Waals surface area contributed by atoms with Crippen molar-refractivity contribution in [2.75, 3.05) is 19.6 Å². The highest BCUT2D eigenvalue weighted by Gasteiger charge is 2.27. The van der Waals surface area contributed by atoms with E-state index in [9.17, 15) is 14.7 Å². The fourth-order valence-electron chi connectivity index (χ4n) is 3.43. The van der Waals surface area contributed by atoms with Crippen LogP contribution >= 0.6 is 0 Å². The minimum atomic E-state index is -0.622.